The van der Waals surface area contributed by atoms with Crippen LogP contribution in [0, 0.1) is 0 Å². The van der Waals surface area contributed by atoms with Crippen LogP contribution in [-0.4, -0.2) is 63.6 Å². The van der Waals surface area contributed by atoms with Crippen molar-refractivity contribution in [3.05, 3.63) is 0 Å². The molecule has 0 aromatic rings. The maximum absolute atomic E-state index is 8.38. The zero-order valence-electron chi connectivity index (χ0n) is 1.12. The minimum absolute atomic E-state index is 0. The van der Waals surface area contributed by atoms with Crippen molar-refractivity contribution >= 4 is 63.6 Å². The van der Waals surface area contributed by atoms with Crippen LogP contribution >= 0.6 is 0 Å². The fraction of sp³-hybridized carbons (Fsp3) is 0. The van der Waals surface area contributed by atoms with Crippen molar-refractivity contribution < 1.29 is 21.8 Å². The van der Waals surface area contributed by atoms with Crippen LogP contribution in [0.25, 0.3) is 0 Å². The van der Waals surface area contributed by atoms with E-state index in [4.69, 9.17) is 3.57 Å². The standard InChI is InChI=1S/Ca.In.O.Zn.5H. The molecule has 4 heavy (non-hydrogen) atoms. The van der Waals surface area contributed by atoms with Crippen LogP contribution in [0.2, 0.25) is 0 Å². The molecule has 0 aromatic carbocycles. The third-order valence-electron chi connectivity index (χ3n) is 0. The van der Waals surface area contributed by atoms with Crippen LogP contribution in [0.15, 0.2) is 0 Å². The molecule has 0 bridgehead atoms. The van der Waals surface area contributed by atoms with E-state index in [-0.39, 0.29) is 81.8 Å². The molecule has 0 amide bonds. The summed E-state index contributed by atoms with van der Waals surface area (Å²) in [6.07, 6.45) is 0. The van der Waals surface area contributed by atoms with Crippen molar-refractivity contribution in [2.24, 2.45) is 0 Å². The second-order valence-electron chi connectivity index (χ2n) is 0. The fourth-order valence-electron chi connectivity index (χ4n) is 0. The summed E-state index contributed by atoms with van der Waals surface area (Å²) in [5, 5.41) is 0. The molecule has 0 N–H and O–H groups in total. The van der Waals surface area contributed by atoms with Crippen LogP contribution in [0.5, 0.6) is 0 Å². The van der Waals surface area contributed by atoms with Crippen LogP contribution in [-0.2, 0) is 21.8 Å². The van der Waals surface area contributed by atoms with Crippen molar-refractivity contribution in [1.82, 2.24) is 0 Å². The van der Waals surface area contributed by atoms with E-state index in [0.29, 0.717) is 0 Å². The van der Waals surface area contributed by atoms with E-state index in [2.05, 4.69) is 0 Å². The molecule has 0 saturated carbocycles. The molecule has 0 fully saturated rings. The molecule has 0 spiro atoms. The first-order valence-electron chi connectivity index (χ1n) is 0.289. The van der Waals surface area contributed by atoms with Crippen LogP contribution in [0.1, 0.15) is 0 Å². The van der Waals surface area contributed by atoms with Crippen molar-refractivity contribution in [3.63, 3.8) is 0 Å². The van der Waals surface area contributed by atoms with Gasteiger partial charge in [-0.05, 0) is 0 Å². The molecule has 0 aromatic heterocycles. The second-order valence-corrected chi connectivity index (χ2v) is 0. The summed E-state index contributed by atoms with van der Waals surface area (Å²) >= 11 is 0.125. The van der Waals surface area contributed by atoms with E-state index in [1.807, 2.05) is 0 Å². The van der Waals surface area contributed by atoms with Gasteiger partial charge in [-0.3, -0.25) is 0 Å². The molecule has 18 valence electrons. The molecule has 4 heteroatoms. The fourth-order valence-corrected chi connectivity index (χ4v) is 0. The van der Waals surface area contributed by atoms with Gasteiger partial charge in [-0.1, -0.05) is 0 Å². The summed E-state index contributed by atoms with van der Waals surface area (Å²) in [5.41, 5.74) is 0. The number of hydrogen-bond acceptors (Lipinski definition) is 1. The Hall–Kier alpha value is 2.55. The molecule has 0 unspecified atom stereocenters. The molecule has 0 aliphatic heterocycles. The first kappa shape index (κ1) is 16.0. The predicted molar refractivity (Wildman–Crippen MR) is 19.2 cm³/mol. The summed E-state index contributed by atoms with van der Waals surface area (Å²) in [6.45, 7) is 0. The van der Waals surface area contributed by atoms with E-state index >= 15 is 0 Å². The third kappa shape index (κ3) is 8.82. The summed E-state index contributed by atoms with van der Waals surface area (Å²) in [7, 11) is 0. The molecule has 0 saturated heterocycles. The topological polar surface area (TPSA) is 17.1 Å². The van der Waals surface area contributed by atoms with Crippen molar-refractivity contribution in [3.8, 4) is 0 Å². The Morgan fingerprint density at radius 1 is 1.25 bits per heavy atom. The molecular weight excluding hydrogens is 236 g/mol. The SMILES string of the molecule is [CaH2].[InH3].[O]=[Zn]. The zero-order chi connectivity index (χ0) is 2.00. The zero-order valence-corrected chi connectivity index (χ0v) is 4.08. The Kier molecular flexibility index (Phi) is 70.7. The normalized spacial score (nSPS) is 1.50. The molecule has 0 rings (SSSR count). The molecule has 0 heterocycles. The van der Waals surface area contributed by atoms with Gasteiger partial charge in [-0.15, -0.1) is 0 Å². The average molecular weight is 241 g/mol. The van der Waals surface area contributed by atoms with Crippen LogP contribution in [0.4, 0.5) is 0 Å². The Morgan fingerprint density at radius 2 is 1.25 bits per heavy atom. The van der Waals surface area contributed by atoms with E-state index in [9.17, 15) is 0 Å². The quantitative estimate of drug-likeness (QED) is 0.439. The van der Waals surface area contributed by atoms with Gasteiger partial charge in [0.05, 0.1) is 0 Å². The summed E-state index contributed by atoms with van der Waals surface area (Å²) < 4.78 is 8.38. The van der Waals surface area contributed by atoms with E-state index < -0.39 is 0 Å². The summed E-state index contributed by atoms with van der Waals surface area (Å²) in [5.74, 6) is 0. The van der Waals surface area contributed by atoms with Gasteiger partial charge in [-0.2, -0.15) is 0 Å². The Labute approximate surface area is 83.6 Å². The van der Waals surface area contributed by atoms with Gasteiger partial charge in [0.15, 0.2) is 0 Å². The van der Waals surface area contributed by atoms with Crippen LogP contribution in [0.3, 0.4) is 0 Å². The molecule has 0 atom stereocenters. The van der Waals surface area contributed by atoms with Gasteiger partial charge in [0, 0.05) is 0 Å². The van der Waals surface area contributed by atoms with E-state index in [1.165, 1.54) is 0 Å². The third-order valence-corrected chi connectivity index (χ3v) is 0. The van der Waals surface area contributed by atoms with Gasteiger partial charge >= 0.3 is 85.4 Å². The van der Waals surface area contributed by atoms with Gasteiger partial charge in [-0.25, -0.2) is 0 Å². The summed E-state index contributed by atoms with van der Waals surface area (Å²) in [6, 6.07) is 0. The summed E-state index contributed by atoms with van der Waals surface area (Å²) in [4.78, 5) is 0. The Balaban J connectivity index is -0.00000000500. The van der Waals surface area contributed by atoms with Gasteiger partial charge in [0.25, 0.3) is 0 Å². The average Bonchev–Trinajstić information content (AvgIpc) is 1.00. The molecule has 0 aliphatic rings. The first-order valence-corrected chi connectivity index (χ1v) is 1.50. The minimum atomic E-state index is 0. The van der Waals surface area contributed by atoms with Gasteiger partial charge in [0.1, 0.15) is 0 Å². The maximum atomic E-state index is 8.38. The number of rotatable bonds is 0. The van der Waals surface area contributed by atoms with Gasteiger partial charge in [0.2, 0.25) is 0 Å². The predicted octanol–water partition coefficient (Wildman–Crippen LogP) is -2.22. The second kappa shape index (κ2) is 17.7. The molecule has 1 nitrogen and oxygen atoms in total. The van der Waals surface area contributed by atoms with Crippen molar-refractivity contribution in [2.75, 3.05) is 0 Å². The van der Waals surface area contributed by atoms with Crippen LogP contribution < -0.4 is 0 Å². The van der Waals surface area contributed by atoms with E-state index in [0.717, 1.165) is 0 Å². The Morgan fingerprint density at radius 3 is 1.25 bits per heavy atom. The Bertz CT molecular complexity index is 8.00. The van der Waals surface area contributed by atoms with Crippen molar-refractivity contribution in [1.29, 1.82) is 0 Å². The molecule has 0 aliphatic carbocycles. The monoisotopic (exact) mass is 240 g/mol. The molecule has 0 radical (unpaired) electrons. The molecular formula is H5CaInOZn. The van der Waals surface area contributed by atoms with Crippen molar-refractivity contribution in [2.45, 2.75) is 0 Å². The first-order chi connectivity index (χ1) is 1.00. The van der Waals surface area contributed by atoms with E-state index in [1.54, 1.807) is 0 Å². The van der Waals surface area contributed by atoms with Gasteiger partial charge < -0.3 is 0 Å². The number of hydrogen-bond donors (Lipinski definition) is 0.